The van der Waals surface area contributed by atoms with Crippen LogP contribution in [-0.4, -0.2) is 104 Å². The van der Waals surface area contributed by atoms with Crippen LogP contribution in [0.1, 0.15) is 111 Å². The van der Waals surface area contributed by atoms with Crippen LogP contribution in [0.3, 0.4) is 0 Å². The molecule has 6 aliphatic carbocycles. The monoisotopic (exact) mass is 796 g/mol. The Bertz CT molecular complexity index is 1700. The zero-order chi connectivity index (χ0) is 41.0. The average Bonchev–Trinajstić information content (AvgIpc) is 3.67. The number of fused-ring (bicyclic) bond motifs is 8. The number of hydrogen-bond donors (Lipinski definition) is 7. The van der Waals surface area contributed by atoms with E-state index in [1.165, 1.54) is 0 Å². The molecular formula is C46H68O11. The Morgan fingerprint density at radius 1 is 0.842 bits per heavy atom. The smallest absolute Gasteiger partial charge is 0.312 e. The van der Waals surface area contributed by atoms with Crippen molar-refractivity contribution in [3.05, 3.63) is 47.5 Å². The number of allylic oxidation sites excluding steroid dienone is 2. The second-order valence-electron chi connectivity index (χ2n) is 21.0. The summed E-state index contributed by atoms with van der Waals surface area (Å²) < 4.78 is 19.5. The maximum Gasteiger partial charge on any atom is 0.312 e. The second kappa shape index (κ2) is 14.3. The molecule has 16 atom stereocenters. The first-order valence-corrected chi connectivity index (χ1v) is 21.7. The van der Waals surface area contributed by atoms with E-state index in [-0.39, 0.29) is 59.7 Å². The molecule has 57 heavy (non-hydrogen) atoms. The van der Waals surface area contributed by atoms with E-state index in [1.54, 1.807) is 0 Å². The van der Waals surface area contributed by atoms with Gasteiger partial charge in [0.05, 0.1) is 38.1 Å². The van der Waals surface area contributed by atoms with Gasteiger partial charge in [0.2, 0.25) is 0 Å². The average molecular weight is 797 g/mol. The molecule has 318 valence electrons. The quantitative estimate of drug-likeness (QED) is 0.139. The number of carboxylic acid groups (broad SMARTS) is 1. The zero-order valence-corrected chi connectivity index (χ0v) is 34.6. The van der Waals surface area contributed by atoms with Gasteiger partial charge >= 0.3 is 5.97 Å². The fourth-order valence-electron chi connectivity index (χ4n) is 15.3. The van der Waals surface area contributed by atoms with Crippen molar-refractivity contribution in [1.29, 1.82) is 0 Å². The predicted octanol–water partition coefficient (Wildman–Crippen LogP) is 4.98. The number of carbonyl (C=O) groups is 1. The molecule has 5 saturated carbocycles. The van der Waals surface area contributed by atoms with Crippen molar-refractivity contribution < 1.29 is 54.8 Å². The fourth-order valence-corrected chi connectivity index (χ4v) is 15.3. The van der Waals surface area contributed by atoms with Crippen molar-refractivity contribution in [1.82, 2.24) is 0 Å². The molecule has 1 saturated heterocycles. The van der Waals surface area contributed by atoms with Crippen molar-refractivity contribution >= 4 is 5.97 Å². The maximum atomic E-state index is 13.4. The lowest BCUT2D eigenvalue weighted by Crippen LogP contribution is -2.73. The molecule has 0 bridgehead atoms. The van der Waals surface area contributed by atoms with Gasteiger partial charge in [-0.25, -0.2) is 0 Å². The largest absolute Gasteiger partial charge is 0.481 e. The Labute approximate surface area is 337 Å². The lowest BCUT2D eigenvalue weighted by molar-refractivity contribution is -0.341. The summed E-state index contributed by atoms with van der Waals surface area (Å²) in [5.74, 6) is -1.24. The molecule has 1 aromatic rings. The van der Waals surface area contributed by atoms with Crippen molar-refractivity contribution in [3.8, 4) is 0 Å². The highest BCUT2D eigenvalue weighted by molar-refractivity contribution is 5.77. The minimum Gasteiger partial charge on any atom is -0.481 e. The minimum atomic E-state index is -1.49. The van der Waals surface area contributed by atoms with Crippen molar-refractivity contribution in [2.24, 2.45) is 55.7 Å². The first-order valence-electron chi connectivity index (χ1n) is 21.7. The minimum absolute atomic E-state index is 0.0292. The zero-order valence-electron chi connectivity index (χ0n) is 34.6. The van der Waals surface area contributed by atoms with Gasteiger partial charge in [-0.15, -0.1) is 0 Å². The summed E-state index contributed by atoms with van der Waals surface area (Å²) in [5.41, 5.74) is -1.77. The van der Waals surface area contributed by atoms with E-state index in [0.29, 0.717) is 32.3 Å². The third kappa shape index (κ3) is 5.79. The van der Waals surface area contributed by atoms with Gasteiger partial charge in [-0.1, -0.05) is 89.4 Å². The summed E-state index contributed by atoms with van der Waals surface area (Å²) in [6.07, 6.45) is 2.81. The van der Waals surface area contributed by atoms with Gasteiger partial charge in [-0.3, -0.25) is 4.79 Å². The number of rotatable bonds is 8. The van der Waals surface area contributed by atoms with E-state index in [2.05, 4.69) is 33.8 Å². The maximum absolute atomic E-state index is 13.4. The molecule has 11 heteroatoms. The molecule has 0 unspecified atom stereocenters. The van der Waals surface area contributed by atoms with Crippen molar-refractivity contribution in [2.75, 3.05) is 19.8 Å². The Morgan fingerprint density at radius 2 is 1.54 bits per heavy atom. The molecule has 8 rings (SSSR count). The van der Waals surface area contributed by atoms with Crippen LogP contribution in [0.2, 0.25) is 0 Å². The molecular weight excluding hydrogens is 728 g/mol. The van der Waals surface area contributed by atoms with E-state index in [0.717, 1.165) is 49.7 Å². The molecule has 6 fully saturated rings. The van der Waals surface area contributed by atoms with Crippen LogP contribution < -0.4 is 0 Å². The standard InChI is InChI=1S/C46H68O11/c1-40(25-47)19-29-28-13-14-32-41(2)20-31(55-23-27-11-7-6-8-12-27)37(57-38-36(52)35(51)30(49)24-56-38)42(3,26-48)33(41)21-45(15-9-10-16-45)44(32,5)43(28,4)17-18-46(29,39(53)54)34(50)22-40/h6-8,11-13,29-38,47-52H,9-10,14-26H2,1-5H3,(H,53,54)/t29-,30+,31+,32+,33-,34-,35-,36+,37+,38-,40+,41+,42-,43+,44+,46-/m0/s1. The Morgan fingerprint density at radius 3 is 2.19 bits per heavy atom. The van der Waals surface area contributed by atoms with E-state index in [4.69, 9.17) is 14.2 Å². The van der Waals surface area contributed by atoms with Crippen LogP contribution in [0.25, 0.3) is 0 Å². The molecule has 0 amide bonds. The third-order valence-electron chi connectivity index (χ3n) is 18.5. The molecule has 1 aromatic carbocycles. The second-order valence-corrected chi connectivity index (χ2v) is 21.0. The van der Waals surface area contributed by atoms with Gasteiger partial charge < -0.3 is 50.0 Å². The number of ether oxygens (including phenoxy) is 3. The fraction of sp³-hybridized carbons (Fsp3) is 0.804. The number of hydrogen-bond acceptors (Lipinski definition) is 10. The van der Waals surface area contributed by atoms with Gasteiger partial charge in [0.1, 0.15) is 23.7 Å². The van der Waals surface area contributed by atoms with Gasteiger partial charge in [0, 0.05) is 12.0 Å². The predicted molar refractivity (Wildman–Crippen MR) is 210 cm³/mol. The SMILES string of the molecule is C[C@]1(CO)C[C@H](O)[C@]2(C(=O)O)CC[C@]3(C)C(=CC[C@@H]4[C@@]5(C)C[C@@H](OCc6ccccc6)[C@@H](O[C@@H]6OC[C@@H](O)[C@H](O)[C@H]6O)[C@@](C)(CO)[C@H]5CC5(CCCC5)[C@]43C)[C@@H]2C1. The third-order valence-corrected chi connectivity index (χ3v) is 18.5. The Hall–Kier alpha value is -1.93. The van der Waals surface area contributed by atoms with Crippen LogP contribution in [0.5, 0.6) is 0 Å². The summed E-state index contributed by atoms with van der Waals surface area (Å²) in [6.45, 7) is 11.2. The lowest BCUT2D eigenvalue weighted by atomic mass is 9.28. The molecule has 1 aliphatic heterocycles. The Balaban J connectivity index is 1.25. The number of benzene rings is 1. The van der Waals surface area contributed by atoms with E-state index < -0.39 is 71.0 Å². The van der Waals surface area contributed by atoms with Crippen molar-refractivity contribution in [3.63, 3.8) is 0 Å². The highest BCUT2D eigenvalue weighted by Crippen LogP contribution is 2.82. The highest BCUT2D eigenvalue weighted by atomic mass is 16.7. The molecule has 11 nitrogen and oxygen atoms in total. The first kappa shape index (κ1) is 41.8. The number of aliphatic carboxylic acids is 1. The van der Waals surface area contributed by atoms with E-state index >= 15 is 0 Å². The highest BCUT2D eigenvalue weighted by Gasteiger charge is 2.77. The molecule has 0 radical (unpaired) electrons. The summed E-state index contributed by atoms with van der Waals surface area (Å²) in [5, 5.41) is 77.2. The topological polar surface area (TPSA) is 186 Å². The molecule has 7 N–H and O–H groups in total. The van der Waals surface area contributed by atoms with Crippen LogP contribution >= 0.6 is 0 Å². The number of carboxylic acids is 1. The van der Waals surface area contributed by atoms with Crippen LogP contribution in [-0.2, 0) is 25.6 Å². The van der Waals surface area contributed by atoms with Crippen LogP contribution in [0, 0.1) is 55.7 Å². The molecule has 0 aromatic heterocycles. The Kier molecular flexibility index (Phi) is 10.5. The normalized spacial score (nSPS) is 50.3. The number of aliphatic hydroxyl groups is 6. The van der Waals surface area contributed by atoms with Gasteiger partial charge in [-0.2, -0.15) is 0 Å². The van der Waals surface area contributed by atoms with Crippen LogP contribution in [0.4, 0.5) is 0 Å². The summed E-state index contributed by atoms with van der Waals surface area (Å²) in [7, 11) is 0. The lowest BCUT2D eigenvalue weighted by Gasteiger charge is -2.77. The molecule has 1 spiro atoms. The van der Waals surface area contributed by atoms with Gasteiger partial charge in [0.25, 0.3) is 0 Å². The molecule has 1 heterocycles. The summed E-state index contributed by atoms with van der Waals surface area (Å²) >= 11 is 0. The first-order chi connectivity index (χ1) is 26.9. The van der Waals surface area contributed by atoms with Gasteiger partial charge in [0.15, 0.2) is 6.29 Å². The van der Waals surface area contributed by atoms with Crippen molar-refractivity contribution in [2.45, 2.75) is 155 Å². The molecule has 7 aliphatic rings. The van der Waals surface area contributed by atoms with E-state index in [9.17, 15) is 40.5 Å². The summed E-state index contributed by atoms with van der Waals surface area (Å²) in [4.78, 5) is 13.4. The van der Waals surface area contributed by atoms with Gasteiger partial charge in [-0.05, 0) is 108 Å². The van der Waals surface area contributed by atoms with E-state index in [1.807, 2.05) is 37.3 Å². The number of aliphatic hydroxyl groups excluding tert-OH is 6. The van der Waals surface area contributed by atoms with Crippen LogP contribution in [0.15, 0.2) is 42.0 Å². The summed E-state index contributed by atoms with van der Waals surface area (Å²) in [6, 6.07) is 9.93.